The van der Waals surface area contributed by atoms with E-state index in [0.717, 1.165) is 12.1 Å². The molecule has 0 aromatic heterocycles. The van der Waals surface area contributed by atoms with Crippen LogP contribution in [0.1, 0.15) is 5.56 Å². The summed E-state index contributed by atoms with van der Waals surface area (Å²) in [5.41, 5.74) is 0.401. The third-order valence-electron chi connectivity index (χ3n) is 1.44. The van der Waals surface area contributed by atoms with Crippen LogP contribution in [-0.2, 0) is 16.8 Å². The summed E-state index contributed by atoms with van der Waals surface area (Å²) in [4.78, 5) is 0. The van der Waals surface area contributed by atoms with Gasteiger partial charge in [0.1, 0.15) is 5.75 Å². The molecule has 1 atom stereocenters. The van der Waals surface area contributed by atoms with Gasteiger partial charge in [0.25, 0.3) is 0 Å². The molecule has 0 heterocycles. The molecule has 0 aliphatic heterocycles. The van der Waals surface area contributed by atoms with Crippen molar-refractivity contribution >= 4 is 11.1 Å². The molecule has 16 heavy (non-hydrogen) atoms. The maximum absolute atomic E-state index is 11.7. The number of alkyl halides is 3. The second-order valence-corrected chi connectivity index (χ2v) is 3.54. The van der Waals surface area contributed by atoms with Crippen LogP contribution in [0.25, 0.3) is 0 Å². The topological polar surface area (TPSA) is 49.4 Å². The first kappa shape index (κ1) is 15.9. The van der Waals surface area contributed by atoms with Crippen molar-refractivity contribution in [1.82, 2.24) is 0 Å². The first-order valence-electron chi connectivity index (χ1n) is 3.77. The Bertz CT molecular complexity index is 353. The van der Waals surface area contributed by atoms with E-state index < -0.39 is 17.4 Å². The zero-order valence-corrected chi connectivity index (χ0v) is 11.1. The Morgan fingerprint density at radius 2 is 1.75 bits per heavy atom. The Morgan fingerprint density at radius 3 is 2.12 bits per heavy atom. The molecule has 0 N–H and O–H groups in total. The first-order valence-corrected chi connectivity index (χ1v) is 5.02. The molecular formula is C8H6F3NaO3S. The van der Waals surface area contributed by atoms with E-state index in [1.165, 1.54) is 12.1 Å². The van der Waals surface area contributed by atoms with Gasteiger partial charge in [0, 0.05) is 5.75 Å². The summed E-state index contributed by atoms with van der Waals surface area (Å²) in [6.07, 6.45) is -4.73. The first-order chi connectivity index (χ1) is 6.87. The SMILES string of the molecule is O=S([O-])Cc1ccc(OC(F)(F)F)cc1.[Na+]. The van der Waals surface area contributed by atoms with Gasteiger partial charge in [0.05, 0.1) is 0 Å². The van der Waals surface area contributed by atoms with Gasteiger partial charge in [-0.1, -0.05) is 23.2 Å². The van der Waals surface area contributed by atoms with Crippen molar-refractivity contribution in [2.75, 3.05) is 0 Å². The second kappa shape index (κ2) is 6.61. The average Bonchev–Trinajstić information content (AvgIpc) is 2.05. The van der Waals surface area contributed by atoms with E-state index in [9.17, 15) is 21.9 Å². The van der Waals surface area contributed by atoms with E-state index in [1.54, 1.807) is 0 Å². The van der Waals surface area contributed by atoms with Crippen LogP contribution in [0.15, 0.2) is 24.3 Å². The van der Waals surface area contributed by atoms with Gasteiger partial charge in [0.2, 0.25) is 0 Å². The van der Waals surface area contributed by atoms with Crippen LogP contribution in [0.5, 0.6) is 5.75 Å². The van der Waals surface area contributed by atoms with Gasteiger partial charge < -0.3 is 9.29 Å². The van der Waals surface area contributed by atoms with Gasteiger partial charge in [-0.3, -0.25) is 4.21 Å². The number of rotatable bonds is 3. The van der Waals surface area contributed by atoms with Crippen molar-refractivity contribution < 1.29 is 56.2 Å². The van der Waals surface area contributed by atoms with Crippen molar-refractivity contribution in [2.45, 2.75) is 12.1 Å². The average molecular weight is 262 g/mol. The molecule has 0 saturated carbocycles. The molecule has 1 unspecified atom stereocenters. The molecule has 0 aliphatic rings. The molecule has 3 nitrogen and oxygen atoms in total. The molecule has 0 fully saturated rings. The number of hydrogen-bond donors (Lipinski definition) is 0. The van der Waals surface area contributed by atoms with Gasteiger partial charge in [-0.15, -0.1) is 13.2 Å². The van der Waals surface area contributed by atoms with Crippen molar-refractivity contribution in [1.29, 1.82) is 0 Å². The summed E-state index contributed by atoms with van der Waals surface area (Å²) >= 11 is -2.26. The molecule has 0 spiro atoms. The molecular weight excluding hydrogens is 256 g/mol. The van der Waals surface area contributed by atoms with Crippen molar-refractivity contribution in [3.8, 4) is 5.75 Å². The fourth-order valence-electron chi connectivity index (χ4n) is 0.923. The van der Waals surface area contributed by atoms with Crippen LogP contribution in [-0.4, -0.2) is 15.1 Å². The molecule has 1 aromatic carbocycles. The smallest absolute Gasteiger partial charge is 0.772 e. The second-order valence-electron chi connectivity index (χ2n) is 2.64. The summed E-state index contributed by atoms with van der Waals surface area (Å²) < 4.78 is 59.3. The predicted octanol–water partition coefficient (Wildman–Crippen LogP) is -1.03. The maximum Gasteiger partial charge on any atom is 1.00 e. The van der Waals surface area contributed by atoms with Gasteiger partial charge in [-0.05, 0) is 17.7 Å². The van der Waals surface area contributed by atoms with E-state index in [4.69, 9.17) is 0 Å². The zero-order valence-electron chi connectivity index (χ0n) is 8.28. The number of benzene rings is 1. The van der Waals surface area contributed by atoms with Gasteiger partial charge in [-0.2, -0.15) is 0 Å². The summed E-state index contributed by atoms with van der Waals surface area (Å²) in [7, 11) is 0. The largest absolute Gasteiger partial charge is 1.00 e. The van der Waals surface area contributed by atoms with E-state index >= 15 is 0 Å². The Kier molecular flexibility index (Phi) is 6.57. The number of ether oxygens (including phenoxy) is 1. The third-order valence-corrected chi connectivity index (χ3v) is 2.01. The minimum absolute atomic E-state index is 0. The number of hydrogen-bond acceptors (Lipinski definition) is 3. The molecule has 0 saturated heterocycles. The Balaban J connectivity index is 0.00000225. The van der Waals surface area contributed by atoms with Crippen molar-refractivity contribution in [3.05, 3.63) is 29.8 Å². The fourth-order valence-corrected chi connectivity index (χ4v) is 1.39. The molecule has 1 aromatic rings. The van der Waals surface area contributed by atoms with E-state index in [1.807, 2.05) is 0 Å². The molecule has 0 radical (unpaired) electrons. The van der Waals surface area contributed by atoms with Crippen LogP contribution in [0.3, 0.4) is 0 Å². The molecule has 0 aliphatic carbocycles. The standard InChI is InChI=1S/C8H7F3O3S.Na/c9-8(10,11)14-7-3-1-6(2-4-7)5-15(12)13;/h1-4H,5H2,(H,12,13);/q;+1/p-1. The van der Waals surface area contributed by atoms with Crippen LogP contribution in [0.4, 0.5) is 13.2 Å². The third kappa shape index (κ3) is 6.49. The predicted molar refractivity (Wildman–Crippen MR) is 45.7 cm³/mol. The summed E-state index contributed by atoms with van der Waals surface area (Å²) in [5.74, 6) is -0.602. The van der Waals surface area contributed by atoms with E-state index in [-0.39, 0.29) is 41.1 Å². The van der Waals surface area contributed by atoms with Gasteiger partial charge in [0.15, 0.2) is 0 Å². The summed E-state index contributed by atoms with van der Waals surface area (Å²) in [6.45, 7) is 0. The summed E-state index contributed by atoms with van der Waals surface area (Å²) in [6, 6.07) is 4.65. The maximum atomic E-state index is 11.7. The Hall–Kier alpha value is -0.0800. The van der Waals surface area contributed by atoms with Crippen molar-refractivity contribution in [2.24, 2.45) is 0 Å². The van der Waals surface area contributed by atoms with Crippen LogP contribution in [0.2, 0.25) is 0 Å². The monoisotopic (exact) mass is 262 g/mol. The minimum Gasteiger partial charge on any atom is -0.772 e. The van der Waals surface area contributed by atoms with E-state index in [2.05, 4.69) is 4.74 Å². The van der Waals surface area contributed by atoms with Gasteiger partial charge >= 0.3 is 35.9 Å². The molecule has 8 heteroatoms. The van der Waals surface area contributed by atoms with Crippen LogP contribution >= 0.6 is 0 Å². The Labute approximate surface area is 115 Å². The summed E-state index contributed by atoms with van der Waals surface area (Å²) in [5, 5.41) is 0. The van der Waals surface area contributed by atoms with E-state index in [0.29, 0.717) is 5.56 Å². The molecule has 0 bridgehead atoms. The molecule has 84 valence electrons. The Morgan fingerprint density at radius 1 is 1.25 bits per heavy atom. The normalized spacial score (nSPS) is 12.8. The zero-order chi connectivity index (χ0) is 11.5. The van der Waals surface area contributed by atoms with Gasteiger partial charge in [-0.25, -0.2) is 0 Å². The molecule has 0 amide bonds. The van der Waals surface area contributed by atoms with Crippen LogP contribution < -0.4 is 34.3 Å². The minimum atomic E-state index is -4.73. The molecule has 1 rings (SSSR count). The van der Waals surface area contributed by atoms with Crippen molar-refractivity contribution in [3.63, 3.8) is 0 Å². The number of halogens is 3. The fraction of sp³-hybridized carbons (Fsp3) is 0.250. The quantitative estimate of drug-likeness (QED) is 0.517. The van der Waals surface area contributed by atoms with Crippen LogP contribution in [0, 0.1) is 0 Å².